The molecule has 0 spiro atoms. The highest BCUT2D eigenvalue weighted by atomic mass is 32.2. The van der Waals surface area contributed by atoms with Crippen molar-refractivity contribution >= 4 is 21.1 Å². The summed E-state index contributed by atoms with van der Waals surface area (Å²) in [6.45, 7) is 0.546. The van der Waals surface area contributed by atoms with E-state index in [0.717, 1.165) is 22.3 Å². The van der Waals surface area contributed by atoms with Crippen LogP contribution in [0.3, 0.4) is 0 Å². The maximum absolute atomic E-state index is 12.4. The van der Waals surface area contributed by atoms with Gasteiger partial charge in [0.05, 0.1) is 36.7 Å². The zero-order chi connectivity index (χ0) is 19.8. The van der Waals surface area contributed by atoms with Gasteiger partial charge in [0.15, 0.2) is 0 Å². The summed E-state index contributed by atoms with van der Waals surface area (Å²) in [5.74, 6) is -0.0805. The Balaban J connectivity index is 1.61. The molecule has 0 radical (unpaired) electrons. The van der Waals surface area contributed by atoms with E-state index in [4.69, 9.17) is 4.74 Å². The maximum Gasteiger partial charge on any atom is 0.216 e. The Bertz CT molecular complexity index is 1140. The first-order valence-electron chi connectivity index (χ1n) is 8.66. The molecule has 11 heteroatoms. The molecule has 146 valence electrons. The van der Waals surface area contributed by atoms with E-state index >= 15 is 0 Å². The van der Waals surface area contributed by atoms with Crippen molar-refractivity contribution in [3.8, 4) is 17.3 Å². The smallest absolute Gasteiger partial charge is 0.216 e. The number of hydrogen-bond acceptors (Lipinski definition) is 7. The molecule has 1 N–H and O–H groups in total. The SMILES string of the molecule is COCCS(=O)(=O)N1CC(CC#N)(n2cc(-c3ncnc4[nH]ccc34)cn2)C1. The van der Waals surface area contributed by atoms with Crippen LogP contribution in [0.15, 0.2) is 31.0 Å². The number of fused-ring (bicyclic) bond motifs is 1. The predicted molar refractivity (Wildman–Crippen MR) is 101 cm³/mol. The minimum absolute atomic E-state index is 0.0805. The number of aromatic nitrogens is 5. The van der Waals surface area contributed by atoms with Gasteiger partial charge in [-0.3, -0.25) is 4.68 Å². The number of nitriles is 1. The summed E-state index contributed by atoms with van der Waals surface area (Å²) in [5, 5.41) is 14.6. The minimum Gasteiger partial charge on any atom is -0.384 e. The minimum atomic E-state index is -3.42. The standard InChI is InChI=1S/C17H19N7O3S/c1-27-6-7-28(25,26)23-10-17(11-23,3-4-18)24-9-13(8-22-24)15-14-2-5-19-16(14)21-12-20-15/h2,5,8-9,12H,3,6-7,10-11H2,1H3,(H,19,20,21). The van der Waals surface area contributed by atoms with E-state index in [1.54, 1.807) is 17.1 Å². The molecule has 28 heavy (non-hydrogen) atoms. The van der Waals surface area contributed by atoms with Crippen molar-refractivity contribution < 1.29 is 13.2 Å². The summed E-state index contributed by atoms with van der Waals surface area (Å²) in [7, 11) is -1.95. The Morgan fingerprint density at radius 1 is 1.39 bits per heavy atom. The van der Waals surface area contributed by atoms with E-state index in [1.807, 2.05) is 12.3 Å². The number of nitrogens with zero attached hydrogens (tertiary/aromatic N) is 6. The van der Waals surface area contributed by atoms with Gasteiger partial charge >= 0.3 is 0 Å². The first kappa shape index (κ1) is 18.5. The van der Waals surface area contributed by atoms with Crippen LogP contribution < -0.4 is 0 Å². The summed E-state index contributed by atoms with van der Waals surface area (Å²) >= 11 is 0. The highest BCUT2D eigenvalue weighted by Gasteiger charge is 2.50. The van der Waals surface area contributed by atoms with Crippen LogP contribution in [-0.2, 0) is 20.3 Å². The number of sulfonamides is 1. The van der Waals surface area contributed by atoms with Gasteiger partial charge in [0, 0.05) is 43.5 Å². The summed E-state index contributed by atoms with van der Waals surface area (Å²) in [6, 6.07) is 4.05. The fourth-order valence-corrected chi connectivity index (χ4v) is 4.93. The summed E-state index contributed by atoms with van der Waals surface area (Å²) in [5.41, 5.74) is 1.55. The molecule has 1 aliphatic rings. The monoisotopic (exact) mass is 401 g/mol. The molecule has 3 aromatic rings. The number of rotatable bonds is 7. The molecule has 4 rings (SSSR count). The number of hydrogen-bond donors (Lipinski definition) is 1. The summed E-state index contributed by atoms with van der Waals surface area (Å²) in [4.78, 5) is 11.6. The molecule has 0 saturated carbocycles. The zero-order valence-electron chi connectivity index (χ0n) is 15.2. The van der Waals surface area contributed by atoms with Crippen molar-refractivity contribution in [2.45, 2.75) is 12.0 Å². The molecule has 1 fully saturated rings. The number of H-pyrrole nitrogens is 1. The van der Waals surface area contributed by atoms with Crippen molar-refractivity contribution in [2.75, 3.05) is 32.6 Å². The molecule has 4 heterocycles. The number of aromatic amines is 1. The lowest BCUT2D eigenvalue weighted by molar-refractivity contribution is 0.0710. The number of ether oxygens (including phenoxy) is 1. The van der Waals surface area contributed by atoms with Gasteiger partial charge in [0.25, 0.3) is 0 Å². The Morgan fingerprint density at radius 2 is 2.21 bits per heavy atom. The van der Waals surface area contributed by atoms with Crippen LogP contribution >= 0.6 is 0 Å². The number of nitrogens with one attached hydrogen (secondary N) is 1. The molecular formula is C17H19N7O3S. The first-order chi connectivity index (χ1) is 13.5. The van der Waals surface area contributed by atoms with E-state index in [1.165, 1.54) is 17.7 Å². The lowest BCUT2D eigenvalue weighted by Crippen LogP contribution is -2.64. The van der Waals surface area contributed by atoms with Gasteiger partial charge in [0.1, 0.15) is 17.5 Å². The molecule has 1 saturated heterocycles. The largest absolute Gasteiger partial charge is 0.384 e. The molecule has 10 nitrogen and oxygen atoms in total. The van der Waals surface area contributed by atoms with Gasteiger partial charge in [-0.15, -0.1) is 0 Å². The van der Waals surface area contributed by atoms with Crippen molar-refractivity contribution in [1.29, 1.82) is 5.26 Å². The molecule has 1 aliphatic heterocycles. The molecule has 0 aromatic carbocycles. The van der Waals surface area contributed by atoms with Gasteiger partial charge in [0.2, 0.25) is 10.0 Å². The van der Waals surface area contributed by atoms with Crippen molar-refractivity contribution in [3.63, 3.8) is 0 Å². The topological polar surface area (TPSA) is 130 Å². The van der Waals surface area contributed by atoms with Crippen molar-refractivity contribution in [1.82, 2.24) is 29.0 Å². The van der Waals surface area contributed by atoms with E-state index in [2.05, 4.69) is 26.1 Å². The fourth-order valence-electron chi connectivity index (χ4n) is 3.42. The lowest BCUT2D eigenvalue weighted by atomic mass is 9.89. The Morgan fingerprint density at radius 3 is 2.96 bits per heavy atom. The molecule has 0 amide bonds. The predicted octanol–water partition coefficient (Wildman–Crippen LogP) is 0.722. The third kappa shape index (κ3) is 3.05. The normalized spacial score (nSPS) is 16.7. The van der Waals surface area contributed by atoms with Crippen LogP contribution in [0.25, 0.3) is 22.3 Å². The highest BCUT2D eigenvalue weighted by Crippen LogP contribution is 2.35. The molecule has 0 aliphatic carbocycles. The van der Waals surface area contributed by atoms with E-state index in [-0.39, 0.29) is 31.9 Å². The second-order valence-electron chi connectivity index (χ2n) is 6.77. The zero-order valence-corrected chi connectivity index (χ0v) is 16.1. The van der Waals surface area contributed by atoms with Crippen LogP contribution in [0.4, 0.5) is 0 Å². The van der Waals surface area contributed by atoms with Gasteiger partial charge < -0.3 is 9.72 Å². The Kier molecular flexibility index (Phi) is 4.62. The Hall–Kier alpha value is -2.81. The maximum atomic E-state index is 12.4. The molecular weight excluding hydrogens is 382 g/mol. The highest BCUT2D eigenvalue weighted by molar-refractivity contribution is 7.89. The van der Waals surface area contributed by atoms with E-state index in [9.17, 15) is 13.7 Å². The Labute approximate surface area is 161 Å². The van der Waals surface area contributed by atoms with Crippen LogP contribution in [0.2, 0.25) is 0 Å². The van der Waals surface area contributed by atoms with Gasteiger partial charge in [-0.25, -0.2) is 18.4 Å². The van der Waals surface area contributed by atoms with Crippen LogP contribution in [-0.4, -0.2) is 70.0 Å². The molecule has 0 atom stereocenters. The van der Waals surface area contributed by atoms with Crippen molar-refractivity contribution in [3.05, 3.63) is 31.0 Å². The second kappa shape index (κ2) is 6.97. The molecule has 0 bridgehead atoms. The van der Waals surface area contributed by atoms with Gasteiger partial charge in [-0.05, 0) is 6.07 Å². The van der Waals surface area contributed by atoms with Crippen LogP contribution in [0.5, 0.6) is 0 Å². The van der Waals surface area contributed by atoms with Gasteiger partial charge in [-0.1, -0.05) is 0 Å². The van der Waals surface area contributed by atoms with Crippen LogP contribution in [0, 0.1) is 11.3 Å². The third-order valence-electron chi connectivity index (χ3n) is 4.98. The lowest BCUT2D eigenvalue weighted by Gasteiger charge is -2.47. The van der Waals surface area contributed by atoms with E-state index in [0.29, 0.717) is 0 Å². The first-order valence-corrected chi connectivity index (χ1v) is 10.3. The second-order valence-corrected chi connectivity index (χ2v) is 8.86. The van der Waals surface area contributed by atoms with Crippen molar-refractivity contribution in [2.24, 2.45) is 0 Å². The van der Waals surface area contributed by atoms with Gasteiger partial charge in [-0.2, -0.15) is 14.7 Å². The van der Waals surface area contributed by atoms with Crippen LogP contribution in [0.1, 0.15) is 6.42 Å². The molecule has 0 unspecified atom stereocenters. The summed E-state index contributed by atoms with van der Waals surface area (Å²) < 4.78 is 32.6. The quantitative estimate of drug-likeness (QED) is 0.617. The fraction of sp³-hybridized carbons (Fsp3) is 0.412. The molecule has 3 aromatic heterocycles. The number of methoxy groups -OCH3 is 1. The summed E-state index contributed by atoms with van der Waals surface area (Å²) in [6.07, 6.45) is 6.91. The third-order valence-corrected chi connectivity index (χ3v) is 6.71. The average molecular weight is 401 g/mol. The van der Waals surface area contributed by atoms with E-state index < -0.39 is 15.6 Å². The average Bonchev–Trinajstić information content (AvgIpc) is 3.31.